The summed E-state index contributed by atoms with van der Waals surface area (Å²) in [4.78, 5) is 4.37. The largest absolute Gasteiger partial charge is 0.241 e. The number of hydrogen-bond donors (Lipinski definition) is 0. The van der Waals surface area contributed by atoms with Gasteiger partial charge in [-0.2, -0.15) is 0 Å². The Morgan fingerprint density at radius 2 is 2.31 bits per heavy atom. The molecule has 0 spiro atoms. The highest BCUT2D eigenvalue weighted by molar-refractivity contribution is 9.09. The molecular formula is C9H7BrFNS. The van der Waals surface area contributed by atoms with Gasteiger partial charge in [-0.25, -0.2) is 9.37 Å². The molecule has 4 heteroatoms. The lowest BCUT2D eigenvalue weighted by Crippen LogP contribution is -1.81. The number of nitrogens with zero attached hydrogens (tertiary/aromatic N) is 1. The third-order valence-electron chi connectivity index (χ3n) is 1.70. The number of aromatic nitrogens is 1. The summed E-state index contributed by atoms with van der Waals surface area (Å²) >= 11 is 4.91. The Morgan fingerprint density at radius 3 is 3.08 bits per heavy atom. The van der Waals surface area contributed by atoms with Crippen molar-refractivity contribution in [2.45, 2.75) is 6.42 Å². The average molecular weight is 260 g/mol. The molecule has 2 rings (SSSR count). The predicted octanol–water partition coefficient (Wildman–Crippen LogP) is 3.37. The van der Waals surface area contributed by atoms with E-state index >= 15 is 0 Å². The predicted molar refractivity (Wildman–Crippen MR) is 57.1 cm³/mol. The van der Waals surface area contributed by atoms with Crippen molar-refractivity contribution in [2.24, 2.45) is 0 Å². The standard InChI is InChI=1S/C9H7BrFNS/c10-4-3-9-12-7-2-1-6(11)5-8(7)13-9/h1-2,5H,3-4H2. The number of hydrogen-bond acceptors (Lipinski definition) is 2. The first-order valence-corrected chi connectivity index (χ1v) is 5.84. The summed E-state index contributed by atoms with van der Waals surface area (Å²) < 4.78 is 13.7. The molecule has 1 nitrogen and oxygen atoms in total. The number of halogens is 2. The number of fused-ring (bicyclic) bond motifs is 1. The van der Waals surface area contributed by atoms with Crippen LogP contribution in [-0.2, 0) is 6.42 Å². The van der Waals surface area contributed by atoms with Crippen molar-refractivity contribution in [3.8, 4) is 0 Å². The van der Waals surface area contributed by atoms with Gasteiger partial charge in [0.1, 0.15) is 5.82 Å². The van der Waals surface area contributed by atoms with E-state index in [-0.39, 0.29) is 5.82 Å². The molecule has 0 unspecified atom stereocenters. The molecular weight excluding hydrogens is 253 g/mol. The highest BCUT2D eigenvalue weighted by atomic mass is 79.9. The molecule has 0 amide bonds. The lowest BCUT2D eigenvalue weighted by Gasteiger charge is -1.85. The minimum atomic E-state index is -0.193. The summed E-state index contributed by atoms with van der Waals surface area (Å²) in [6.07, 6.45) is 0.904. The minimum absolute atomic E-state index is 0.193. The molecule has 0 radical (unpaired) electrons. The Hall–Kier alpha value is -0.480. The van der Waals surface area contributed by atoms with Crippen molar-refractivity contribution in [1.29, 1.82) is 0 Å². The molecule has 0 saturated carbocycles. The second-order valence-electron chi connectivity index (χ2n) is 2.66. The molecule has 0 N–H and O–H groups in total. The van der Waals surface area contributed by atoms with Crippen molar-refractivity contribution < 1.29 is 4.39 Å². The maximum absolute atomic E-state index is 12.8. The van der Waals surface area contributed by atoms with Crippen molar-refractivity contribution in [3.05, 3.63) is 29.0 Å². The molecule has 68 valence electrons. The van der Waals surface area contributed by atoms with Crippen LogP contribution in [0.3, 0.4) is 0 Å². The van der Waals surface area contributed by atoms with Crippen LogP contribution in [0.2, 0.25) is 0 Å². The zero-order valence-corrected chi connectivity index (χ0v) is 9.16. The van der Waals surface area contributed by atoms with E-state index in [9.17, 15) is 4.39 Å². The first-order chi connectivity index (χ1) is 6.29. The van der Waals surface area contributed by atoms with Crippen LogP contribution in [0.25, 0.3) is 10.2 Å². The molecule has 2 aromatic rings. The van der Waals surface area contributed by atoms with Gasteiger partial charge in [0, 0.05) is 11.8 Å². The Morgan fingerprint density at radius 1 is 1.46 bits per heavy atom. The SMILES string of the molecule is Fc1ccc2nc(CCBr)sc2c1. The van der Waals surface area contributed by atoms with Crippen LogP contribution in [0.5, 0.6) is 0 Å². The molecule has 0 saturated heterocycles. The fourth-order valence-electron chi connectivity index (χ4n) is 1.13. The summed E-state index contributed by atoms with van der Waals surface area (Å²) in [6, 6.07) is 4.70. The monoisotopic (exact) mass is 259 g/mol. The fraction of sp³-hybridized carbons (Fsp3) is 0.222. The van der Waals surface area contributed by atoms with Gasteiger partial charge in [-0.15, -0.1) is 11.3 Å². The lowest BCUT2D eigenvalue weighted by molar-refractivity contribution is 0.630. The molecule has 0 aliphatic carbocycles. The Labute approximate surface area is 87.7 Å². The van der Waals surface area contributed by atoms with Gasteiger partial charge < -0.3 is 0 Å². The number of aryl methyl sites for hydroxylation is 1. The van der Waals surface area contributed by atoms with Crippen LogP contribution >= 0.6 is 27.3 Å². The highest BCUT2D eigenvalue weighted by Crippen LogP contribution is 2.23. The van der Waals surface area contributed by atoms with Crippen LogP contribution < -0.4 is 0 Å². The van der Waals surface area contributed by atoms with Gasteiger partial charge in [-0.1, -0.05) is 15.9 Å². The zero-order chi connectivity index (χ0) is 9.26. The Balaban J connectivity index is 2.49. The van der Waals surface area contributed by atoms with Crippen molar-refractivity contribution in [1.82, 2.24) is 4.98 Å². The molecule has 1 aromatic heterocycles. The molecule has 1 heterocycles. The van der Waals surface area contributed by atoms with E-state index in [2.05, 4.69) is 20.9 Å². The average Bonchev–Trinajstić information content (AvgIpc) is 2.46. The third-order valence-corrected chi connectivity index (χ3v) is 3.18. The summed E-state index contributed by atoms with van der Waals surface area (Å²) in [5.74, 6) is -0.193. The van der Waals surface area contributed by atoms with Gasteiger partial charge in [0.2, 0.25) is 0 Å². The summed E-state index contributed by atoms with van der Waals surface area (Å²) in [6.45, 7) is 0. The highest BCUT2D eigenvalue weighted by Gasteiger charge is 2.03. The van der Waals surface area contributed by atoms with Crippen LogP contribution in [0.1, 0.15) is 5.01 Å². The first kappa shape index (κ1) is 9.09. The minimum Gasteiger partial charge on any atom is -0.241 e. The van der Waals surface area contributed by atoms with Crippen molar-refractivity contribution >= 4 is 37.5 Å². The van der Waals surface area contributed by atoms with E-state index in [4.69, 9.17) is 0 Å². The smallest absolute Gasteiger partial charge is 0.124 e. The first-order valence-electron chi connectivity index (χ1n) is 3.90. The van der Waals surface area contributed by atoms with Gasteiger partial charge >= 0.3 is 0 Å². The van der Waals surface area contributed by atoms with Crippen LogP contribution in [0.15, 0.2) is 18.2 Å². The molecule has 0 bridgehead atoms. The zero-order valence-electron chi connectivity index (χ0n) is 6.76. The van der Waals surface area contributed by atoms with Crippen LogP contribution in [0.4, 0.5) is 4.39 Å². The van der Waals surface area contributed by atoms with E-state index in [0.29, 0.717) is 0 Å². The molecule has 0 atom stereocenters. The second kappa shape index (κ2) is 3.72. The maximum atomic E-state index is 12.8. The van der Waals surface area contributed by atoms with Gasteiger partial charge in [-0.05, 0) is 18.2 Å². The van der Waals surface area contributed by atoms with Crippen LogP contribution in [-0.4, -0.2) is 10.3 Å². The molecule has 0 fully saturated rings. The lowest BCUT2D eigenvalue weighted by atomic mass is 10.3. The van der Waals surface area contributed by atoms with E-state index in [0.717, 1.165) is 27.0 Å². The Kier molecular flexibility index (Phi) is 2.60. The molecule has 13 heavy (non-hydrogen) atoms. The normalized spacial score (nSPS) is 10.9. The molecule has 0 aliphatic rings. The topological polar surface area (TPSA) is 12.9 Å². The number of rotatable bonds is 2. The second-order valence-corrected chi connectivity index (χ2v) is 4.57. The summed E-state index contributed by atoms with van der Waals surface area (Å²) in [5.41, 5.74) is 0.891. The van der Waals surface area contributed by atoms with Gasteiger partial charge in [0.25, 0.3) is 0 Å². The van der Waals surface area contributed by atoms with E-state index < -0.39 is 0 Å². The summed E-state index contributed by atoms with van der Waals surface area (Å²) in [5, 5.41) is 1.95. The summed E-state index contributed by atoms with van der Waals surface area (Å²) in [7, 11) is 0. The number of benzene rings is 1. The van der Waals surface area contributed by atoms with Gasteiger partial charge in [0.15, 0.2) is 0 Å². The molecule has 0 aliphatic heterocycles. The third kappa shape index (κ3) is 1.89. The fourth-order valence-corrected chi connectivity index (χ4v) is 2.76. The van der Waals surface area contributed by atoms with Crippen LogP contribution in [0, 0.1) is 5.82 Å². The number of alkyl halides is 1. The molecule has 1 aromatic carbocycles. The van der Waals surface area contributed by atoms with E-state index in [1.807, 2.05) is 0 Å². The van der Waals surface area contributed by atoms with Gasteiger partial charge in [0.05, 0.1) is 15.2 Å². The van der Waals surface area contributed by atoms with Crippen molar-refractivity contribution in [3.63, 3.8) is 0 Å². The van der Waals surface area contributed by atoms with Gasteiger partial charge in [-0.3, -0.25) is 0 Å². The maximum Gasteiger partial charge on any atom is 0.124 e. The van der Waals surface area contributed by atoms with E-state index in [1.165, 1.54) is 12.1 Å². The van der Waals surface area contributed by atoms with Crippen molar-refractivity contribution in [2.75, 3.05) is 5.33 Å². The number of thiazole rings is 1. The Bertz CT molecular complexity index is 426. The van der Waals surface area contributed by atoms with E-state index in [1.54, 1.807) is 17.4 Å². The quantitative estimate of drug-likeness (QED) is 0.754.